The van der Waals surface area contributed by atoms with Gasteiger partial charge in [-0.15, -0.1) is 0 Å². The van der Waals surface area contributed by atoms with Gasteiger partial charge in [-0.1, -0.05) is 61.4 Å². The van der Waals surface area contributed by atoms with Gasteiger partial charge in [0.25, 0.3) is 0 Å². The van der Waals surface area contributed by atoms with E-state index >= 15 is 0 Å². The number of allylic oxidation sites excluding steroid dienone is 6. The summed E-state index contributed by atoms with van der Waals surface area (Å²) in [6, 6.07) is 0. The zero-order valence-electron chi connectivity index (χ0n) is 15.1. The minimum absolute atomic E-state index is 0.136. The van der Waals surface area contributed by atoms with Crippen LogP contribution in [-0.4, -0.2) is 51.3 Å². The van der Waals surface area contributed by atoms with Gasteiger partial charge in [0.15, 0.2) is 0 Å². The Balaban J connectivity index is 3.94. The van der Waals surface area contributed by atoms with Crippen LogP contribution in [0.2, 0.25) is 0 Å². The maximum absolute atomic E-state index is 10.3. The predicted molar refractivity (Wildman–Crippen MR) is 99.0 cm³/mol. The summed E-state index contributed by atoms with van der Waals surface area (Å²) < 4.78 is 0. The monoisotopic (exact) mass is 367 g/mol. The molecule has 0 saturated carbocycles. The number of carbonyl (C=O) groups is 1. The highest BCUT2D eigenvalue weighted by Crippen LogP contribution is 2.06. The first-order valence-electron chi connectivity index (χ1n) is 9.00. The van der Waals surface area contributed by atoms with Gasteiger partial charge in [0.2, 0.25) is 0 Å². The van der Waals surface area contributed by atoms with Gasteiger partial charge in [-0.3, -0.25) is 0 Å². The summed E-state index contributed by atoms with van der Waals surface area (Å²) in [7, 11) is 0. The van der Waals surface area contributed by atoms with Crippen LogP contribution in [-0.2, 0) is 4.79 Å². The highest BCUT2D eigenvalue weighted by atomic mass is 16.4. The lowest BCUT2D eigenvalue weighted by atomic mass is 10.1. The first kappa shape index (κ1) is 24.3. The Kier molecular flexibility index (Phi) is 15.6. The van der Waals surface area contributed by atoms with Crippen molar-refractivity contribution in [1.82, 2.24) is 0 Å². The van der Waals surface area contributed by atoms with Crippen molar-refractivity contribution in [2.45, 2.75) is 63.3 Å². The first-order valence-corrected chi connectivity index (χ1v) is 9.00. The van der Waals surface area contributed by atoms with E-state index < -0.39 is 24.3 Å². The number of carboxylic acid groups (broad SMARTS) is 1. The van der Waals surface area contributed by atoms with Gasteiger partial charge in [0.1, 0.15) is 0 Å². The Labute approximate surface area is 155 Å². The van der Waals surface area contributed by atoms with Gasteiger partial charge < -0.3 is 30.3 Å². The molecule has 0 spiro atoms. The molecule has 0 aliphatic rings. The smallest absolute Gasteiger partial charge is 0.0982 e. The Morgan fingerprint density at radius 2 is 1.42 bits per heavy atom. The molecule has 0 unspecified atom stereocenters. The fourth-order valence-corrected chi connectivity index (χ4v) is 2.12. The third-order valence-electron chi connectivity index (χ3n) is 3.63. The third-order valence-corrected chi connectivity index (χ3v) is 3.63. The van der Waals surface area contributed by atoms with Gasteiger partial charge in [0.05, 0.1) is 18.3 Å². The largest absolute Gasteiger partial charge is 0.550 e. The molecular formula is C20H31O6-. The van der Waals surface area contributed by atoms with Gasteiger partial charge in [-0.05, 0) is 32.1 Å². The number of carboxylic acids is 1. The first-order chi connectivity index (χ1) is 12.5. The molecule has 0 aromatic rings. The topological polar surface area (TPSA) is 121 Å². The molecule has 0 aromatic carbocycles. The standard InChI is InChI=1S/C20H32O6/c21-16-9-5-7-12-17(22)11-6-3-1-2-4-8-13-18(23)19(24)14-10-15-20(25)26/h1-4,6,8,11,13,17-19,21-24H,5,7,9-10,12,14-16H2,(H,25,26)/p-1/b3-1-,4-2+,11-6+,13-8+/t17-,18-,19+/m1/s1. The van der Waals surface area contributed by atoms with E-state index in [0.717, 1.165) is 19.3 Å². The molecule has 0 saturated heterocycles. The average molecular weight is 367 g/mol. The SMILES string of the molecule is O=C([O-])CCC[C@H](O)[C@H](O)/C=C/C=C/C=C\C=C\[C@@H](O)CCCCCO. The molecular weight excluding hydrogens is 336 g/mol. The Bertz CT molecular complexity index is 467. The van der Waals surface area contributed by atoms with Crippen LogP contribution in [0.5, 0.6) is 0 Å². The van der Waals surface area contributed by atoms with E-state index in [1.165, 1.54) is 6.08 Å². The molecule has 0 amide bonds. The Morgan fingerprint density at radius 1 is 0.808 bits per heavy atom. The van der Waals surface area contributed by atoms with Crippen LogP contribution in [0.3, 0.4) is 0 Å². The fraction of sp³-hybridized carbons (Fsp3) is 0.550. The van der Waals surface area contributed by atoms with Crippen molar-refractivity contribution < 1.29 is 30.3 Å². The molecule has 0 rings (SSSR count). The lowest BCUT2D eigenvalue weighted by molar-refractivity contribution is -0.305. The molecule has 4 N–H and O–H groups in total. The number of hydrogen-bond donors (Lipinski definition) is 4. The Morgan fingerprint density at radius 3 is 2.04 bits per heavy atom. The number of carbonyl (C=O) groups excluding carboxylic acids is 1. The summed E-state index contributed by atoms with van der Waals surface area (Å²) in [4.78, 5) is 10.3. The lowest BCUT2D eigenvalue weighted by Crippen LogP contribution is -2.26. The number of rotatable bonds is 15. The zero-order valence-corrected chi connectivity index (χ0v) is 15.1. The van der Waals surface area contributed by atoms with Crippen LogP contribution in [0, 0.1) is 0 Å². The number of aliphatic hydroxyl groups is 4. The van der Waals surface area contributed by atoms with Gasteiger partial charge in [-0.25, -0.2) is 0 Å². The quantitative estimate of drug-likeness (QED) is 0.251. The number of aliphatic hydroxyl groups excluding tert-OH is 4. The van der Waals surface area contributed by atoms with E-state index in [4.69, 9.17) is 5.11 Å². The average Bonchev–Trinajstić information content (AvgIpc) is 2.60. The van der Waals surface area contributed by atoms with Crippen LogP contribution < -0.4 is 5.11 Å². The third kappa shape index (κ3) is 15.8. The molecule has 26 heavy (non-hydrogen) atoms. The number of hydrogen-bond acceptors (Lipinski definition) is 6. The molecule has 148 valence electrons. The minimum Gasteiger partial charge on any atom is -0.550 e. The highest BCUT2D eigenvalue weighted by molar-refractivity contribution is 5.64. The Hall–Kier alpha value is -1.73. The van der Waals surface area contributed by atoms with Crippen molar-refractivity contribution in [3.63, 3.8) is 0 Å². The summed E-state index contributed by atoms with van der Waals surface area (Å²) in [5, 5.41) is 48.0. The van der Waals surface area contributed by atoms with E-state index in [1.807, 2.05) is 0 Å². The molecule has 0 aliphatic carbocycles. The normalized spacial score (nSPS) is 16.2. The zero-order chi connectivity index (χ0) is 19.6. The van der Waals surface area contributed by atoms with Gasteiger partial charge >= 0.3 is 0 Å². The summed E-state index contributed by atoms with van der Waals surface area (Å²) in [6.45, 7) is 0.188. The summed E-state index contributed by atoms with van der Waals surface area (Å²) in [5.41, 5.74) is 0. The second-order valence-corrected chi connectivity index (χ2v) is 6.00. The molecule has 0 heterocycles. The number of unbranched alkanes of at least 4 members (excludes halogenated alkanes) is 2. The van der Waals surface area contributed by atoms with Gasteiger partial charge in [-0.2, -0.15) is 0 Å². The van der Waals surface area contributed by atoms with Crippen molar-refractivity contribution >= 4 is 5.97 Å². The predicted octanol–water partition coefficient (Wildman–Crippen LogP) is 0.767. The van der Waals surface area contributed by atoms with E-state index in [-0.39, 0.29) is 25.9 Å². The van der Waals surface area contributed by atoms with Crippen molar-refractivity contribution in [2.24, 2.45) is 0 Å². The van der Waals surface area contributed by atoms with Crippen LogP contribution in [0.1, 0.15) is 44.9 Å². The van der Waals surface area contributed by atoms with Crippen LogP contribution in [0.25, 0.3) is 0 Å². The molecule has 0 aromatic heterocycles. The molecule has 6 nitrogen and oxygen atoms in total. The summed E-state index contributed by atoms with van der Waals surface area (Å²) in [5.74, 6) is -1.17. The van der Waals surface area contributed by atoms with Crippen LogP contribution in [0.15, 0.2) is 48.6 Å². The summed E-state index contributed by atoms with van der Waals surface area (Å²) in [6.07, 6.45) is 14.4. The van der Waals surface area contributed by atoms with E-state index in [2.05, 4.69) is 0 Å². The van der Waals surface area contributed by atoms with Gasteiger partial charge in [0, 0.05) is 12.6 Å². The molecule has 0 fully saturated rings. The van der Waals surface area contributed by atoms with E-state index in [1.54, 1.807) is 42.5 Å². The molecule has 0 aliphatic heterocycles. The molecule has 0 radical (unpaired) electrons. The maximum atomic E-state index is 10.3. The molecule has 0 bridgehead atoms. The fourth-order valence-electron chi connectivity index (χ4n) is 2.12. The van der Waals surface area contributed by atoms with Crippen molar-refractivity contribution in [1.29, 1.82) is 0 Å². The maximum Gasteiger partial charge on any atom is 0.0982 e. The highest BCUT2D eigenvalue weighted by Gasteiger charge is 2.11. The lowest BCUT2D eigenvalue weighted by Gasteiger charge is -2.14. The van der Waals surface area contributed by atoms with Crippen molar-refractivity contribution in [3.8, 4) is 0 Å². The second kappa shape index (κ2) is 16.7. The van der Waals surface area contributed by atoms with E-state index in [9.17, 15) is 25.2 Å². The molecule has 3 atom stereocenters. The molecule has 6 heteroatoms. The van der Waals surface area contributed by atoms with Crippen molar-refractivity contribution in [3.05, 3.63) is 48.6 Å². The minimum atomic E-state index is -1.17. The second-order valence-electron chi connectivity index (χ2n) is 6.00. The summed E-state index contributed by atoms with van der Waals surface area (Å²) >= 11 is 0. The van der Waals surface area contributed by atoms with Crippen LogP contribution in [0.4, 0.5) is 0 Å². The van der Waals surface area contributed by atoms with E-state index in [0.29, 0.717) is 6.42 Å². The van der Waals surface area contributed by atoms with Crippen molar-refractivity contribution in [2.75, 3.05) is 6.61 Å². The van der Waals surface area contributed by atoms with Crippen LogP contribution >= 0.6 is 0 Å². The number of aliphatic carboxylic acids is 1.